The third-order valence-corrected chi connectivity index (χ3v) is 4.19. The van der Waals surface area contributed by atoms with Gasteiger partial charge in [0.25, 0.3) is 0 Å². The van der Waals surface area contributed by atoms with Crippen LogP contribution in [0.3, 0.4) is 0 Å². The van der Waals surface area contributed by atoms with E-state index in [1.807, 2.05) is 13.8 Å². The summed E-state index contributed by atoms with van der Waals surface area (Å²) in [6, 6.07) is -0.135. The molecule has 7 nitrogen and oxygen atoms in total. The van der Waals surface area contributed by atoms with Crippen molar-refractivity contribution in [1.82, 2.24) is 19.9 Å². The van der Waals surface area contributed by atoms with Crippen LogP contribution >= 0.6 is 0 Å². The van der Waals surface area contributed by atoms with Crippen molar-refractivity contribution in [2.75, 3.05) is 6.54 Å². The first-order chi connectivity index (χ1) is 10.1. The molecule has 0 spiro atoms. The maximum atomic E-state index is 12.4. The number of nitrogens with zero attached hydrogens (tertiary/aromatic N) is 4. The van der Waals surface area contributed by atoms with Gasteiger partial charge in [0, 0.05) is 24.9 Å². The zero-order chi connectivity index (χ0) is 15.0. The fourth-order valence-corrected chi connectivity index (χ4v) is 2.47. The molecule has 2 fully saturated rings. The third-order valence-electron chi connectivity index (χ3n) is 4.19. The Kier molecular flexibility index (Phi) is 3.65. The van der Waals surface area contributed by atoms with Crippen molar-refractivity contribution in [3.05, 3.63) is 11.7 Å². The second kappa shape index (κ2) is 5.46. The molecular formula is C14H20N4O3. The van der Waals surface area contributed by atoms with E-state index >= 15 is 0 Å². The fraction of sp³-hybridized carbons (Fsp3) is 0.714. The van der Waals surface area contributed by atoms with Gasteiger partial charge in [-0.1, -0.05) is 12.1 Å². The molecule has 3 rings (SSSR count). The molecule has 1 aromatic heterocycles. The van der Waals surface area contributed by atoms with Crippen LogP contribution in [0.2, 0.25) is 0 Å². The van der Waals surface area contributed by atoms with Crippen molar-refractivity contribution in [3.63, 3.8) is 0 Å². The number of carbonyl (C=O) groups is 2. The van der Waals surface area contributed by atoms with Gasteiger partial charge in [-0.2, -0.15) is 4.98 Å². The van der Waals surface area contributed by atoms with E-state index in [1.165, 1.54) is 4.90 Å². The Morgan fingerprint density at radius 3 is 2.81 bits per heavy atom. The van der Waals surface area contributed by atoms with Gasteiger partial charge in [0.1, 0.15) is 6.54 Å². The Morgan fingerprint density at radius 1 is 1.38 bits per heavy atom. The van der Waals surface area contributed by atoms with Gasteiger partial charge < -0.3 is 9.42 Å². The van der Waals surface area contributed by atoms with Crippen molar-refractivity contribution in [2.24, 2.45) is 0 Å². The van der Waals surface area contributed by atoms with Crippen LogP contribution in [0.4, 0.5) is 4.79 Å². The topological polar surface area (TPSA) is 79.5 Å². The molecule has 2 heterocycles. The van der Waals surface area contributed by atoms with Crippen molar-refractivity contribution in [2.45, 2.75) is 58.0 Å². The second-order valence-electron chi connectivity index (χ2n) is 5.78. The van der Waals surface area contributed by atoms with Gasteiger partial charge in [-0.05, 0) is 26.2 Å². The first kappa shape index (κ1) is 14.0. The van der Waals surface area contributed by atoms with Gasteiger partial charge in [-0.3, -0.25) is 9.69 Å². The summed E-state index contributed by atoms with van der Waals surface area (Å²) in [5.41, 5.74) is 0. The summed E-state index contributed by atoms with van der Waals surface area (Å²) >= 11 is 0. The molecule has 1 saturated carbocycles. The second-order valence-corrected chi connectivity index (χ2v) is 5.78. The van der Waals surface area contributed by atoms with Crippen molar-refractivity contribution >= 4 is 11.9 Å². The van der Waals surface area contributed by atoms with Crippen LogP contribution in [-0.4, -0.2) is 44.5 Å². The Balaban J connectivity index is 1.71. The third kappa shape index (κ3) is 2.77. The molecule has 2 aliphatic rings. The number of carbonyl (C=O) groups excluding carboxylic acids is 2. The zero-order valence-corrected chi connectivity index (χ0v) is 12.4. The van der Waals surface area contributed by atoms with E-state index in [9.17, 15) is 9.59 Å². The summed E-state index contributed by atoms with van der Waals surface area (Å²) in [5.74, 6) is 1.25. The molecule has 21 heavy (non-hydrogen) atoms. The Labute approximate surface area is 123 Å². The molecule has 0 unspecified atom stereocenters. The molecule has 3 amide bonds. The van der Waals surface area contributed by atoms with E-state index in [-0.39, 0.29) is 24.5 Å². The van der Waals surface area contributed by atoms with E-state index in [1.54, 1.807) is 4.90 Å². The number of urea groups is 1. The predicted molar refractivity (Wildman–Crippen MR) is 73.3 cm³/mol. The number of imide groups is 1. The maximum absolute atomic E-state index is 12.4. The Bertz CT molecular complexity index is 552. The summed E-state index contributed by atoms with van der Waals surface area (Å²) in [6.07, 6.45) is 3.38. The van der Waals surface area contributed by atoms with Gasteiger partial charge in [0.05, 0.1) is 0 Å². The van der Waals surface area contributed by atoms with Crippen LogP contribution < -0.4 is 0 Å². The zero-order valence-electron chi connectivity index (χ0n) is 12.4. The van der Waals surface area contributed by atoms with E-state index < -0.39 is 0 Å². The highest BCUT2D eigenvalue weighted by Crippen LogP contribution is 2.38. The lowest BCUT2D eigenvalue weighted by Crippen LogP contribution is -2.54. The monoisotopic (exact) mass is 292 g/mol. The number of hydrogen-bond acceptors (Lipinski definition) is 5. The first-order valence-corrected chi connectivity index (χ1v) is 7.53. The van der Waals surface area contributed by atoms with Crippen LogP contribution in [-0.2, 0) is 11.3 Å². The van der Waals surface area contributed by atoms with E-state index in [0.29, 0.717) is 30.6 Å². The molecule has 1 saturated heterocycles. The van der Waals surface area contributed by atoms with E-state index in [4.69, 9.17) is 4.52 Å². The van der Waals surface area contributed by atoms with E-state index in [0.717, 1.165) is 19.3 Å². The standard InChI is InChI=1S/C14H20N4O3/c1-3-9(2)17-7-6-12(19)18(14(17)20)8-11-15-13(16-21-11)10-4-5-10/h9-10H,3-8H2,1-2H3/t9-/m1/s1. The average Bonchev–Trinajstić information content (AvgIpc) is 3.22. The minimum atomic E-state index is -0.258. The van der Waals surface area contributed by atoms with Crippen LogP contribution in [0.5, 0.6) is 0 Å². The molecule has 0 radical (unpaired) electrons. The molecule has 1 aliphatic heterocycles. The highest BCUT2D eigenvalue weighted by molar-refractivity contribution is 5.96. The number of aromatic nitrogens is 2. The molecule has 114 valence electrons. The Hall–Kier alpha value is -1.92. The number of rotatable bonds is 5. The molecule has 0 bridgehead atoms. The smallest absolute Gasteiger partial charge is 0.327 e. The van der Waals surface area contributed by atoms with Gasteiger partial charge >= 0.3 is 6.03 Å². The minimum Gasteiger partial charge on any atom is -0.337 e. The predicted octanol–water partition coefficient (Wildman–Crippen LogP) is 1.90. The number of amides is 3. The summed E-state index contributed by atoms with van der Waals surface area (Å²) in [5, 5.41) is 3.92. The van der Waals surface area contributed by atoms with Crippen LogP contribution in [0.25, 0.3) is 0 Å². The minimum absolute atomic E-state index is 0.0737. The molecule has 1 aliphatic carbocycles. The summed E-state index contributed by atoms with van der Waals surface area (Å²) in [6.45, 7) is 4.58. The fourth-order valence-electron chi connectivity index (χ4n) is 2.47. The largest absolute Gasteiger partial charge is 0.337 e. The molecule has 1 aromatic rings. The van der Waals surface area contributed by atoms with Gasteiger partial charge in [0.15, 0.2) is 5.82 Å². The van der Waals surface area contributed by atoms with Gasteiger partial charge in [-0.25, -0.2) is 4.79 Å². The van der Waals surface area contributed by atoms with Gasteiger partial charge in [0.2, 0.25) is 11.8 Å². The lowest BCUT2D eigenvalue weighted by atomic mass is 10.2. The van der Waals surface area contributed by atoms with Crippen molar-refractivity contribution in [1.29, 1.82) is 0 Å². The first-order valence-electron chi connectivity index (χ1n) is 7.53. The summed E-state index contributed by atoms with van der Waals surface area (Å²) in [7, 11) is 0. The lowest BCUT2D eigenvalue weighted by molar-refractivity contribution is -0.132. The number of hydrogen-bond donors (Lipinski definition) is 0. The molecule has 1 atom stereocenters. The molecular weight excluding hydrogens is 272 g/mol. The highest BCUT2D eigenvalue weighted by atomic mass is 16.5. The van der Waals surface area contributed by atoms with Crippen molar-refractivity contribution < 1.29 is 14.1 Å². The maximum Gasteiger partial charge on any atom is 0.327 e. The quantitative estimate of drug-likeness (QED) is 0.828. The molecule has 7 heteroatoms. The average molecular weight is 292 g/mol. The molecule has 0 N–H and O–H groups in total. The van der Waals surface area contributed by atoms with Crippen molar-refractivity contribution in [3.8, 4) is 0 Å². The summed E-state index contributed by atoms with van der Waals surface area (Å²) in [4.78, 5) is 31.7. The van der Waals surface area contributed by atoms with Gasteiger partial charge in [-0.15, -0.1) is 0 Å². The normalized spacial score (nSPS) is 21.0. The van der Waals surface area contributed by atoms with Crippen LogP contribution in [0.1, 0.15) is 57.2 Å². The molecule has 0 aromatic carbocycles. The highest BCUT2D eigenvalue weighted by Gasteiger charge is 2.35. The summed E-state index contributed by atoms with van der Waals surface area (Å²) < 4.78 is 5.16. The van der Waals surface area contributed by atoms with Crippen LogP contribution in [0.15, 0.2) is 4.52 Å². The Morgan fingerprint density at radius 2 is 2.14 bits per heavy atom. The van der Waals surface area contributed by atoms with E-state index in [2.05, 4.69) is 10.1 Å². The lowest BCUT2D eigenvalue weighted by Gasteiger charge is -2.36. The SMILES string of the molecule is CC[C@@H](C)N1CCC(=O)N(Cc2nc(C3CC3)no2)C1=O. The van der Waals surface area contributed by atoms with Crippen LogP contribution in [0, 0.1) is 0 Å².